The highest BCUT2D eigenvalue weighted by Crippen LogP contribution is 2.30. The van der Waals surface area contributed by atoms with Crippen molar-refractivity contribution in [2.45, 2.75) is 24.3 Å². The van der Waals surface area contributed by atoms with Crippen molar-refractivity contribution in [1.29, 1.82) is 0 Å². The standard InChI is InChI=1S/C26H29BrN2O5S/c1-19(21-9-11-22(27)12-10-21)28-26(30)18-29(16-15-20-7-5-4-6-8-20)35(31,32)23-13-14-24(33-2)25(17-23)34-3/h4-14,17,19H,15-16,18H2,1-3H3,(H,28,30). The van der Waals surface area contributed by atoms with Crippen molar-refractivity contribution in [3.8, 4) is 11.5 Å². The molecular weight excluding hydrogens is 532 g/mol. The molecule has 0 heterocycles. The Hall–Kier alpha value is -2.88. The average Bonchev–Trinajstić information content (AvgIpc) is 2.86. The molecule has 1 unspecified atom stereocenters. The van der Waals surface area contributed by atoms with Crippen LogP contribution in [0.25, 0.3) is 0 Å². The molecular formula is C26H29BrN2O5S. The average molecular weight is 561 g/mol. The predicted octanol–water partition coefficient (Wildman–Crippen LogP) is 4.58. The molecule has 3 aromatic rings. The Morgan fingerprint density at radius 1 is 0.971 bits per heavy atom. The number of nitrogens with one attached hydrogen (secondary N) is 1. The minimum atomic E-state index is -4.00. The Balaban J connectivity index is 1.83. The summed E-state index contributed by atoms with van der Waals surface area (Å²) in [6.07, 6.45) is 0.461. The fraction of sp³-hybridized carbons (Fsp3) is 0.269. The molecule has 1 N–H and O–H groups in total. The summed E-state index contributed by atoms with van der Waals surface area (Å²) >= 11 is 3.40. The van der Waals surface area contributed by atoms with E-state index in [1.54, 1.807) is 0 Å². The first-order valence-corrected chi connectivity index (χ1v) is 13.3. The number of halogens is 1. The zero-order valence-electron chi connectivity index (χ0n) is 19.9. The van der Waals surface area contributed by atoms with Gasteiger partial charge in [-0.1, -0.05) is 58.4 Å². The largest absolute Gasteiger partial charge is 0.493 e. The van der Waals surface area contributed by atoms with Crippen LogP contribution in [0.2, 0.25) is 0 Å². The fourth-order valence-electron chi connectivity index (χ4n) is 3.59. The normalized spacial score (nSPS) is 12.3. The third kappa shape index (κ3) is 7.06. The molecule has 0 saturated heterocycles. The third-order valence-corrected chi connectivity index (χ3v) is 7.92. The van der Waals surface area contributed by atoms with Gasteiger partial charge >= 0.3 is 0 Å². The van der Waals surface area contributed by atoms with Gasteiger partial charge in [0.05, 0.1) is 31.7 Å². The molecule has 3 rings (SSSR count). The number of rotatable bonds is 11. The molecule has 0 aliphatic carbocycles. The van der Waals surface area contributed by atoms with Gasteiger partial charge in [0.25, 0.3) is 0 Å². The number of methoxy groups -OCH3 is 2. The Morgan fingerprint density at radius 3 is 2.26 bits per heavy atom. The van der Waals surface area contributed by atoms with E-state index in [1.165, 1.54) is 36.7 Å². The zero-order chi connectivity index (χ0) is 25.4. The molecule has 0 aliphatic heterocycles. The van der Waals surface area contributed by atoms with Crippen LogP contribution in [-0.4, -0.2) is 45.9 Å². The monoisotopic (exact) mass is 560 g/mol. The number of sulfonamides is 1. The van der Waals surface area contributed by atoms with Crippen LogP contribution in [0.3, 0.4) is 0 Å². The Kier molecular flexibility index (Phi) is 9.31. The lowest BCUT2D eigenvalue weighted by molar-refractivity contribution is -0.121. The first kappa shape index (κ1) is 26.7. The van der Waals surface area contributed by atoms with E-state index in [-0.39, 0.29) is 24.0 Å². The molecule has 0 fully saturated rings. The first-order valence-electron chi connectivity index (χ1n) is 11.1. The summed E-state index contributed by atoms with van der Waals surface area (Å²) in [4.78, 5) is 13.0. The SMILES string of the molecule is COc1ccc(S(=O)(=O)N(CCc2ccccc2)CC(=O)NC(C)c2ccc(Br)cc2)cc1OC. The number of benzene rings is 3. The number of amides is 1. The van der Waals surface area contributed by atoms with Crippen LogP contribution in [0.5, 0.6) is 11.5 Å². The molecule has 9 heteroatoms. The van der Waals surface area contributed by atoms with Crippen LogP contribution in [0.15, 0.2) is 82.2 Å². The number of ether oxygens (including phenoxy) is 2. The molecule has 0 aliphatic rings. The minimum absolute atomic E-state index is 0.0250. The molecule has 1 amide bonds. The van der Waals surface area contributed by atoms with Crippen molar-refractivity contribution >= 4 is 31.9 Å². The van der Waals surface area contributed by atoms with Crippen molar-refractivity contribution in [1.82, 2.24) is 9.62 Å². The molecule has 0 radical (unpaired) electrons. The fourth-order valence-corrected chi connectivity index (χ4v) is 5.27. The van der Waals surface area contributed by atoms with Gasteiger partial charge in [0.1, 0.15) is 0 Å². The van der Waals surface area contributed by atoms with Crippen molar-refractivity contribution in [2.24, 2.45) is 0 Å². The molecule has 3 aromatic carbocycles. The smallest absolute Gasteiger partial charge is 0.243 e. The summed E-state index contributed by atoms with van der Waals surface area (Å²) in [5, 5.41) is 2.90. The van der Waals surface area contributed by atoms with Crippen LogP contribution in [0.4, 0.5) is 0 Å². The van der Waals surface area contributed by atoms with Crippen molar-refractivity contribution in [3.05, 3.63) is 88.4 Å². The lowest BCUT2D eigenvalue weighted by atomic mass is 10.1. The Labute approximate surface area is 215 Å². The molecule has 0 spiro atoms. The summed E-state index contributed by atoms with van der Waals surface area (Å²) in [7, 11) is -1.08. The summed E-state index contributed by atoms with van der Waals surface area (Å²) in [6.45, 7) is 1.68. The van der Waals surface area contributed by atoms with Crippen LogP contribution < -0.4 is 14.8 Å². The maximum Gasteiger partial charge on any atom is 0.243 e. The van der Waals surface area contributed by atoms with E-state index in [0.717, 1.165) is 15.6 Å². The first-order chi connectivity index (χ1) is 16.7. The van der Waals surface area contributed by atoms with E-state index in [2.05, 4.69) is 21.2 Å². The Bertz CT molecular complexity index is 1230. The van der Waals surface area contributed by atoms with E-state index in [1.807, 2.05) is 61.5 Å². The lowest BCUT2D eigenvalue weighted by Gasteiger charge is -2.24. The quantitative estimate of drug-likeness (QED) is 0.371. The van der Waals surface area contributed by atoms with Crippen molar-refractivity contribution < 1.29 is 22.7 Å². The van der Waals surface area contributed by atoms with Crippen molar-refractivity contribution in [3.63, 3.8) is 0 Å². The second-order valence-corrected chi connectivity index (χ2v) is 10.8. The molecule has 0 bridgehead atoms. The number of carbonyl (C=O) groups is 1. The second kappa shape index (κ2) is 12.2. The predicted molar refractivity (Wildman–Crippen MR) is 139 cm³/mol. The molecule has 7 nitrogen and oxygen atoms in total. The molecule has 0 saturated carbocycles. The molecule has 1 atom stereocenters. The van der Waals surface area contributed by atoms with E-state index in [4.69, 9.17) is 9.47 Å². The maximum absolute atomic E-state index is 13.6. The summed E-state index contributed by atoms with van der Waals surface area (Å²) in [6, 6.07) is 21.3. The number of hydrogen-bond acceptors (Lipinski definition) is 5. The minimum Gasteiger partial charge on any atom is -0.493 e. The number of carbonyl (C=O) groups excluding carboxylic acids is 1. The van der Waals surface area contributed by atoms with Crippen LogP contribution in [0, 0.1) is 0 Å². The number of nitrogens with zero attached hydrogens (tertiary/aromatic N) is 1. The summed E-state index contributed by atoms with van der Waals surface area (Å²) < 4.78 is 39.8. The number of hydrogen-bond donors (Lipinski definition) is 1. The topological polar surface area (TPSA) is 84.9 Å². The summed E-state index contributed by atoms with van der Waals surface area (Å²) in [5.41, 5.74) is 1.89. The Morgan fingerprint density at radius 2 is 1.63 bits per heavy atom. The lowest BCUT2D eigenvalue weighted by Crippen LogP contribution is -2.42. The van der Waals surface area contributed by atoms with Crippen molar-refractivity contribution in [2.75, 3.05) is 27.3 Å². The van der Waals surface area contributed by atoms with Gasteiger partial charge in [0.2, 0.25) is 15.9 Å². The van der Waals surface area contributed by atoms with E-state index < -0.39 is 15.9 Å². The summed E-state index contributed by atoms with van der Waals surface area (Å²) in [5.74, 6) is 0.325. The van der Waals surface area contributed by atoms with Gasteiger partial charge in [-0.05, 0) is 48.7 Å². The van der Waals surface area contributed by atoms with Gasteiger partial charge < -0.3 is 14.8 Å². The second-order valence-electron chi connectivity index (χ2n) is 7.93. The van der Waals surface area contributed by atoms with E-state index >= 15 is 0 Å². The van der Waals surface area contributed by atoms with Gasteiger partial charge in [-0.2, -0.15) is 4.31 Å². The van der Waals surface area contributed by atoms with Gasteiger partial charge in [-0.15, -0.1) is 0 Å². The van der Waals surface area contributed by atoms with Gasteiger partial charge in [-0.25, -0.2) is 8.42 Å². The van der Waals surface area contributed by atoms with Gasteiger partial charge in [0.15, 0.2) is 11.5 Å². The molecule has 186 valence electrons. The molecule has 0 aromatic heterocycles. The highest BCUT2D eigenvalue weighted by atomic mass is 79.9. The van der Waals surface area contributed by atoms with Crippen LogP contribution in [-0.2, 0) is 21.2 Å². The molecule has 35 heavy (non-hydrogen) atoms. The van der Waals surface area contributed by atoms with Crippen LogP contribution >= 0.6 is 15.9 Å². The maximum atomic E-state index is 13.6. The highest BCUT2D eigenvalue weighted by molar-refractivity contribution is 9.10. The van der Waals surface area contributed by atoms with Gasteiger partial charge in [-0.3, -0.25) is 4.79 Å². The van der Waals surface area contributed by atoms with Crippen LogP contribution in [0.1, 0.15) is 24.1 Å². The van der Waals surface area contributed by atoms with E-state index in [9.17, 15) is 13.2 Å². The van der Waals surface area contributed by atoms with Gasteiger partial charge in [0, 0.05) is 17.1 Å². The zero-order valence-corrected chi connectivity index (χ0v) is 22.3. The van der Waals surface area contributed by atoms with E-state index in [0.29, 0.717) is 17.9 Å². The third-order valence-electron chi connectivity index (χ3n) is 5.55. The highest BCUT2D eigenvalue weighted by Gasteiger charge is 2.28.